The molecule has 2 N–H and O–H groups in total. The first kappa shape index (κ1) is 18.7. The normalized spacial score (nSPS) is 11.2. The van der Waals surface area contributed by atoms with Crippen LogP contribution in [-0.4, -0.2) is 44.9 Å². The molecule has 1 aromatic carbocycles. The zero-order valence-electron chi connectivity index (χ0n) is 14.9. The van der Waals surface area contributed by atoms with Crippen LogP contribution in [0.4, 0.5) is 0 Å². The van der Waals surface area contributed by atoms with E-state index in [1.807, 2.05) is 18.2 Å². The number of hydrogen-bond donors (Lipinski definition) is 2. The summed E-state index contributed by atoms with van der Waals surface area (Å²) < 4.78 is 10.6. The number of nitrogens with zero attached hydrogens (tertiary/aromatic N) is 2. The first-order valence-corrected chi connectivity index (χ1v) is 8.37. The van der Waals surface area contributed by atoms with Crippen molar-refractivity contribution in [2.24, 2.45) is 4.99 Å². The standard InChI is InChI=1S/C19H26N4O2/c1-20-19(22-12-10-16-7-4-3-5-8-16)23-15-17-9-6-11-21-18(17)25-14-13-24-2/h3-9,11H,10,12-15H2,1-2H3,(H2,20,22,23). The molecule has 0 saturated carbocycles. The van der Waals surface area contributed by atoms with Crippen LogP contribution in [0.5, 0.6) is 5.88 Å². The van der Waals surface area contributed by atoms with Gasteiger partial charge in [0.2, 0.25) is 5.88 Å². The number of guanidine groups is 1. The molecule has 0 fully saturated rings. The Morgan fingerprint density at radius 3 is 2.68 bits per heavy atom. The summed E-state index contributed by atoms with van der Waals surface area (Å²) in [6.45, 7) is 2.41. The van der Waals surface area contributed by atoms with Crippen LogP contribution >= 0.6 is 0 Å². The fourth-order valence-corrected chi connectivity index (χ4v) is 2.28. The zero-order chi connectivity index (χ0) is 17.7. The highest BCUT2D eigenvalue weighted by Gasteiger charge is 2.06. The summed E-state index contributed by atoms with van der Waals surface area (Å²) in [7, 11) is 3.41. The highest BCUT2D eigenvalue weighted by Crippen LogP contribution is 2.13. The summed E-state index contributed by atoms with van der Waals surface area (Å²) >= 11 is 0. The van der Waals surface area contributed by atoms with Crippen LogP contribution in [0, 0.1) is 0 Å². The number of benzene rings is 1. The van der Waals surface area contributed by atoms with E-state index >= 15 is 0 Å². The molecule has 0 radical (unpaired) electrons. The molecule has 0 aliphatic rings. The predicted octanol–water partition coefficient (Wildman–Crippen LogP) is 2.01. The van der Waals surface area contributed by atoms with Gasteiger partial charge in [-0.25, -0.2) is 4.98 Å². The third kappa shape index (κ3) is 6.81. The molecule has 0 aliphatic heterocycles. The average molecular weight is 342 g/mol. The fraction of sp³-hybridized carbons (Fsp3) is 0.368. The minimum atomic E-state index is 0.477. The Kier molecular flexibility index (Phi) is 8.27. The predicted molar refractivity (Wildman–Crippen MR) is 100.0 cm³/mol. The van der Waals surface area contributed by atoms with Gasteiger partial charge in [-0.3, -0.25) is 4.99 Å². The number of rotatable bonds is 9. The molecule has 0 spiro atoms. The summed E-state index contributed by atoms with van der Waals surface area (Å²) in [6, 6.07) is 14.3. The smallest absolute Gasteiger partial charge is 0.218 e. The minimum absolute atomic E-state index is 0.477. The van der Waals surface area contributed by atoms with Crippen LogP contribution < -0.4 is 15.4 Å². The molecule has 0 atom stereocenters. The van der Waals surface area contributed by atoms with E-state index in [1.54, 1.807) is 20.4 Å². The number of aromatic nitrogens is 1. The first-order valence-electron chi connectivity index (χ1n) is 8.37. The van der Waals surface area contributed by atoms with Crippen molar-refractivity contribution in [2.45, 2.75) is 13.0 Å². The average Bonchev–Trinajstić information content (AvgIpc) is 2.66. The molecular weight excluding hydrogens is 316 g/mol. The Labute approximate surface area is 149 Å². The second kappa shape index (κ2) is 11.0. The van der Waals surface area contributed by atoms with Crippen LogP contribution in [0.15, 0.2) is 53.7 Å². The van der Waals surface area contributed by atoms with Crippen molar-refractivity contribution in [3.8, 4) is 5.88 Å². The van der Waals surface area contributed by atoms with Gasteiger partial charge in [-0.15, -0.1) is 0 Å². The molecule has 0 unspecified atom stereocenters. The molecule has 1 heterocycles. The van der Waals surface area contributed by atoms with Crippen molar-refractivity contribution in [3.05, 3.63) is 59.8 Å². The number of methoxy groups -OCH3 is 1. The molecule has 0 amide bonds. The fourth-order valence-electron chi connectivity index (χ4n) is 2.28. The SMILES string of the molecule is CN=C(NCCc1ccccc1)NCc1cccnc1OCCOC. The van der Waals surface area contributed by atoms with Crippen molar-refractivity contribution in [2.75, 3.05) is 33.9 Å². The van der Waals surface area contributed by atoms with E-state index in [1.165, 1.54) is 5.56 Å². The van der Waals surface area contributed by atoms with E-state index in [4.69, 9.17) is 9.47 Å². The van der Waals surface area contributed by atoms with E-state index in [0.717, 1.165) is 24.5 Å². The molecule has 2 rings (SSSR count). The highest BCUT2D eigenvalue weighted by molar-refractivity contribution is 5.79. The zero-order valence-corrected chi connectivity index (χ0v) is 14.9. The third-order valence-corrected chi connectivity index (χ3v) is 3.60. The minimum Gasteiger partial charge on any atom is -0.475 e. The van der Waals surface area contributed by atoms with Gasteiger partial charge in [0.1, 0.15) is 6.61 Å². The summed E-state index contributed by atoms with van der Waals surface area (Å²) in [4.78, 5) is 8.53. The Hall–Kier alpha value is -2.60. The van der Waals surface area contributed by atoms with Crippen molar-refractivity contribution >= 4 is 5.96 Å². The summed E-state index contributed by atoms with van der Waals surface area (Å²) in [5, 5.41) is 6.61. The number of pyridine rings is 1. The molecule has 2 aromatic rings. The molecule has 25 heavy (non-hydrogen) atoms. The van der Waals surface area contributed by atoms with Crippen LogP contribution in [0.1, 0.15) is 11.1 Å². The maximum atomic E-state index is 5.65. The lowest BCUT2D eigenvalue weighted by molar-refractivity contribution is 0.143. The highest BCUT2D eigenvalue weighted by atomic mass is 16.5. The van der Waals surface area contributed by atoms with Crippen molar-refractivity contribution < 1.29 is 9.47 Å². The quantitative estimate of drug-likeness (QED) is 0.415. The van der Waals surface area contributed by atoms with Crippen LogP contribution in [0.25, 0.3) is 0 Å². The second-order valence-electron chi connectivity index (χ2n) is 5.40. The molecule has 0 aliphatic carbocycles. The van der Waals surface area contributed by atoms with Gasteiger partial charge in [0.25, 0.3) is 0 Å². The van der Waals surface area contributed by atoms with Crippen molar-refractivity contribution in [1.29, 1.82) is 0 Å². The molecule has 1 aromatic heterocycles. The van der Waals surface area contributed by atoms with E-state index in [9.17, 15) is 0 Å². The monoisotopic (exact) mass is 342 g/mol. The maximum Gasteiger partial charge on any atom is 0.218 e. The largest absolute Gasteiger partial charge is 0.475 e. The van der Waals surface area contributed by atoms with Gasteiger partial charge in [-0.2, -0.15) is 0 Å². The molecule has 0 bridgehead atoms. The number of nitrogens with one attached hydrogen (secondary N) is 2. The van der Waals surface area contributed by atoms with Gasteiger partial charge in [-0.05, 0) is 18.1 Å². The van der Waals surface area contributed by atoms with E-state index < -0.39 is 0 Å². The van der Waals surface area contributed by atoms with Crippen LogP contribution in [0.2, 0.25) is 0 Å². The van der Waals surface area contributed by atoms with Crippen LogP contribution in [-0.2, 0) is 17.7 Å². The third-order valence-electron chi connectivity index (χ3n) is 3.60. The Morgan fingerprint density at radius 1 is 1.08 bits per heavy atom. The van der Waals surface area contributed by atoms with Crippen molar-refractivity contribution in [3.63, 3.8) is 0 Å². The lowest BCUT2D eigenvalue weighted by atomic mass is 10.1. The lowest BCUT2D eigenvalue weighted by Crippen LogP contribution is -2.38. The van der Waals surface area contributed by atoms with E-state index in [-0.39, 0.29) is 0 Å². The van der Waals surface area contributed by atoms with Gasteiger partial charge in [0.05, 0.1) is 6.61 Å². The van der Waals surface area contributed by atoms with Crippen molar-refractivity contribution in [1.82, 2.24) is 15.6 Å². The molecule has 6 nitrogen and oxygen atoms in total. The van der Waals surface area contributed by atoms with Gasteiger partial charge in [0.15, 0.2) is 5.96 Å². The first-order chi connectivity index (χ1) is 12.3. The van der Waals surface area contributed by atoms with E-state index in [2.05, 4.69) is 44.9 Å². The summed E-state index contributed by atoms with van der Waals surface area (Å²) in [5.74, 6) is 1.37. The number of hydrogen-bond acceptors (Lipinski definition) is 4. The molecular formula is C19H26N4O2. The summed E-state index contributed by atoms with van der Waals surface area (Å²) in [5.41, 5.74) is 2.27. The molecule has 134 valence electrons. The maximum absolute atomic E-state index is 5.65. The Balaban J connectivity index is 1.80. The topological polar surface area (TPSA) is 67.8 Å². The molecule has 6 heteroatoms. The number of aliphatic imine (C=N–C) groups is 1. The van der Waals surface area contributed by atoms with Crippen LogP contribution in [0.3, 0.4) is 0 Å². The molecule has 0 saturated heterocycles. The Bertz CT molecular complexity index is 647. The second-order valence-corrected chi connectivity index (χ2v) is 5.40. The van der Waals surface area contributed by atoms with Gasteiger partial charge in [0, 0.05) is 39.0 Å². The van der Waals surface area contributed by atoms with Gasteiger partial charge >= 0.3 is 0 Å². The number of ether oxygens (including phenoxy) is 2. The van der Waals surface area contributed by atoms with Gasteiger partial charge in [-0.1, -0.05) is 36.4 Å². The lowest BCUT2D eigenvalue weighted by Gasteiger charge is -2.14. The summed E-state index contributed by atoms with van der Waals surface area (Å²) in [6.07, 6.45) is 2.67. The Morgan fingerprint density at radius 2 is 1.92 bits per heavy atom. The van der Waals surface area contributed by atoms with E-state index in [0.29, 0.717) is 25.6 Å². The van der Waals surface area contributed by atoms with Gasteiger partial charge < -0.3 is 20.1 Å².